The quantitative estimate of drug-likeness (QED) is 0.758. The van der Waals surface area contributed by atoms with Gasteiger partial charge in [-0.15, -0.1) is 0 Å². The monoisotopic (exact) mass is 291 g/mol. The largest absolute Gasteiger partial charge is 0.405 e. The summed E-state index contributed by atoms with van der Waals surface area (Å²) in [5, 5.41) is 0. The molecule has 0 amide bonds. The third-order valence-corrected chi connectivity index (χ3v) is 3.97. The van der Waals surface area contributed by atoms with E-state index in [1.165, 1.54) is 39.0 Å². The summed E-state index contributed by atoms with van der Waals surface area (Å²) in [6.45, 7) is 8.57. The Balaban J connectivity index is 2.33. The molecule has 2 N–H and O–H groups in total. The predicted molar refractivity (Wildman–Crippen MR) is 96.8 cm³/mol. The van der Waals surface area contributed by atoms with Gasteiger partial charge in [0.15, 0.2) is 0 Å². The molecule has 0 atom stereocenters. The van der Waals surface area contributed by atoms with Crippen LogP contribution in [0.4, 0.5) is 0 Å². The predicted octanol–water partition coefficient (Wildman–Crippen LogP) is 5.32. The second kappa shape index (κ2) is 7.13. The average molecular weight is 291 g/mol. The second-order valence-corrected chi connectivity index (χ2v) is 6.08. The summed E-state index contributed by atoms with van der Waals surface area (Å²) in [6, 6.07) is 15.5. The number of hydrogen-bond donors (Lipinski definition) is 1. The molecule has 0 unspecified atom stereocenters. The standard InChI is InChI=1S/C21H25N/c1-15-10-16(2)12-21(11-15)20-7-5-6-19(14-20)13-18(4)17(3)8-9-22/h5-12,14H,13,22H2,1-4H3/b9-8-,18-17-. The Labute approximate surface area is 134 Å². The van der Waals surface area contributed by atoms with Crippen LogP contribution in [0.15, 0.2) is 65.9 Å². The molecule has 1 heteroatoms. The molecule has 0 saturated heterocycles. The van der Waals surface area contributed by atoms with Gasteiger partial charge >= 0.3 is 0 Å². The van der Waals surface area contributed by atoms with Crippen molar-refractivity contribution in [1.82, 2.24) is 0 Å². The molecule has 1 nitrogen and oxygen atoms in total. The van der Waals surface area contributed by atoms with Crippen LogP contribution in [-0.4, -0.2) is 0 Å². The van der Waals surface area contributed by atoms with Crippen molar-refractivity contribution in [1.29, 1.82) is 0 Å². The van der Waals surface area contributed by atoms with Crippen LogP contribution >= 0.6 is 0 Å². The Morgan fingerprint density at radius 2 is 1.64 bits per heavy atom. The van der Waals surface area contributed by atoms with Gasteiger partial charge in [-0.3, -0.25) is 0 Å². The van der Waals surface area contributed by atoms with Crippen LogP contribution < -0.4 is 5.73 Å². The van der Waals surface area contributed by atoms with E-state index in [1.807, 2.05) is 6.08 Å². The van der Waals surface area contributed by atoms with Gasteiger partial charge in [-0.2, -0.15) is 0 Å². The zero-order valence-electron chi connectivity index (χ0n) is 14.0. The van der Waals surface area contributed by atoms with Gasteiger partial charge in [0.05, 0.1) is 0 Å². The normalized spacial score (nSPS) is 12.5. The molecule has 0 radical (unpaired) electrons. The minimum atomic E-state index is 0.953. The van der Waals surface area contributed by atoms with E-state index in [0.717, 1.165) is 6.42 Å². The summed E-state index contributed by atoms with van der Waals surface area (Å²) in [5.41, 5.74) is 14.6. The van der Waals surface area contributed by atoms with Gasteiger partial charge in [0, 0.05) is 0 Å². The van der Waals surface area contributed by atoms with Crippen molar-refractivity contribution >= 4 is 0 Å². The minimum Gasteiger partial charge on any atom is -0.405 e. The third-order valence-electron chi connectivity index (χ3n) is 3.97. The molecule has 2 rings (SSSR count). The van der Waals surface area contributed by atoms with Crippen molar-refractivity contribution in [3.8, 4) is 11.1 Å². The molecule has 0 saturated carbocycles. The molecule has 0 bridgehead atoms. The molecule has 2 aromatic carbocycles. The van der Waals surface area contributed by atoms with E-state index in [1.54, 1.807) is 6.20 Å². The summed E-state index contributed by atoms with van der Waals surface area (Å²) < 4.78 is 0. The van der Waals surface area contributed by atoms with Crippen molar-refractivity contribution in [2.45, 2.75) is 34.1 Å². The van der Waals surface area contributed by atoms with Crippen LogP contribution in [-0.2, 0) is 6.42 Å². The fourth-order valence-corrected chi connectivity index (χ4v) is 2.73. The topological polar surface area (TPSA) is 26.0 Å². The van der Waals surface area contributed by atoms with Gasteiger partial charge in [-0.1, -0.05) is 64.7 Å². The second-order valence-electron chi connectivity index (χ2n) is 6.08. The van der Waals surface area contributed by atoms with Gasteiger partial charge in [-0.25, -0.2) is 0 Å². The Kier molecular flexibility index (Phi) is 5.21. The lowest BCUT2D eigenvalue weighted by atomic mass is 9.96. The Morgan fingerprint density at radius 3 is 2.27 bits per heavy atom. The molecule has 0 heterocycles. The lowest BCUT2D eigenvalue weighted by Gasteiger charge is -2.09. The summed E-state index contributed by atoms with van der Waals surface area (Å²) in [4.78, 5) is 0. The highest BCUT2D eigenvalue weighted by molar-refractivity contribution is 5.66. The van der Waals surface area contributed by atoms with Crippen LogP contribution in [0.3, 0.4) is 0 Å². The van der Waals surface area contributed by atoms with E-state index in [2.05, 4.69) is 70.2 Å². The highest BCUT2D eigenvalue weighted by Crippen LogP contribution is 2.24. The van der Waals surface area contributed by atoms with E-state index in [-0.39, 0.29) is 0 Å². The SMILES string of the molecule is CC(/C=C\N)=C(\C)Cc1cccc(-c2cc(C)cc(C)c2)c1. The van der Waals surface area contributed by atoms with Crippen LogP contribution in [0.25, 0.3) is 11.1 Å². The molecule has 0 aliphatic carbocycles. The first-order valence-electron chi connectivity index (χ1n) is 7.72. The number of hydrogen-bond acceptors (Lipinski definition) is 1. The zero-order valence-corrected chi connectivity index (χ0v) is 14.0. The number of benzene rings is 2. The highest BCUT2D eigenvalue weighted by atomic mass is 14.5. The average Bonchev–Trinajstić information content (AvgIpc) is 2.46. The van der Waals surface area contributed by atoms with Gasteiger partial charge in [0.1, 0.15) is 0 Å². The zero-order chi connectivity index (χ0) is 16.1. The first-order chi connectivity index (χ1) is 10.5. The smallest absolute Gasteiger partial charge is 0.00597 e. The maximum atomic E-state index is 5.47. The summed E-state index contributed by atoms with van der Waals surface area (Å²) in [5.74, 6) is 0. The van der Waals surface area contributed by atoms with Crippen molar-refractivity contribution in [2.75, 3.05) is 0 Å². The fraction of sp³-hybridized carbons (Fsp3) is 0.238. The lowest BCUT2D eigenvalue weighted by molar-refractivity contribution is 1.11. The number of rotatable bonds is 4. The molecular weight excluding hydrogens is 266 g/mol. The molecule has 0 spiro atoms. The van der Waals surface area contributed by atoms with Crippen LogP contribution in [0.2, 0.25) is 0 Å². The first kappa shape index (κ1) is 16.1. The molecule has 2 aromatic rings. The van der Waals surface area contributed by atoms with E-state index in [0.29, 0.717) is 0 Å². The highest BCUT2D eigenvalue weighted by Gasteiger charge is 2.03. The van der Waals surface area contributed by atoms with Crippen molar-refractivity contribution in [3.63, 3.8) is 0 Å². The third kappa shape index (κ3) is 4.11. The number of allylic oxidation sites excluding steroid dienone is 3. The number of nitrogens with two attached hydrogens (primary N) is 1. The Bertz CT molecular complexity index is 700. The molecule has 0 aromatic heterocycles. The van der Waals surface area contributed by atoms with Gasteiger partial charge < -0.3 is 5.73 Å². The maximum Gasteiger partial charge on any atom is -0.00597 e. The molecule has 114 valence electrons. The Morgan fingerprint density at radius 1 is 0.955 bits per heavy atom. The molecule has 22 heavy (non-hydrogen) atoms. The van der Waals surface area contributed by atoms with Gasteiger partial charge in [0.2, 0.25) is 0 Å². The van der Waals surface area contributed by atoms with Gasteiger partial charge in [-0.05, 0) is 63.1 Å². The molecular formula is C21H25N. The minimum absolute atomic E-state index is 0.953. The molecule has 0 aliphatic heterocycles. The lowest BCUT2D eigenvalue weighted by Crippen LogP contribution is -1.91. The first-order valence-corrected chi connectivity index (χ1v) is 7.72. The molecule has 0 aliphatic rings. The fourth-order valence-electron chi connectivity index (χ4n) is 2.73. The van der Waals surface area contributed by atoms with E-state index in [9.17, 15) is 0 Å². The summed E-state index contributed by atoms with van der Waals surface area (Å²) in [6.07, 6.45) is 4.52. The van der Waals surface area contributed by atoms with Crippen molar-refractivity contribution < 1.29 is 0 Å². The van der Waals surface area contributed by atoms with Crippen molar-refractivity contribution in [3.05, 3.63) is 82.6 Å². The van der Waals surface area contributed by atoms with E-state index in [4.69, 9.17) is 5.73 Å². The Hall–Kier alpha value is -2.28. The number of aryl methyl sites for hydroxylation is 2. The van der Waals surface area contributed by atoms with E-state index < -0.39 is 0 Å². The maximum absolute atomic E-state index is 5.47. The molecule has 0 fully saturated rings. The van der Waals surface area contributed by atoms with Crippen LogP contribution in [0.5, 0.6) is 0 Å². The summed E-state index contributed by atoms with van der Waals surface area (Å²) >= 11 is 0. The van der Waals surface area contributed by atoms with Gasteiger partial charge in [0.25, 0.3) is 0 Å². The summed E-state index contributed by atoms with van der Waals surface area (Å²) in [7, 11) is 0. The van der Waals surface area contributed by atoms with Crippen molar-refractivity contribution in [2.24, 2.45) is 5.73 Å². The van der Waals surface area contributed by atoms with E-state index >= 15 is 0 Å². The van der Waals surface area contributed by atoms with Crippen LogP contribution in [0, 0.1) is 13.8 Å². The van der Waals surface area contributed by atoms with Crippen LogP contribution in [0.1, 0.15) is 30.5 Å².